The first kappa shape index (κ1) is 15.5. The zero-order valence-electron chi connectivity index (χ0n) is 12.9. The third-order valence-corrected chi connectivity index (χ3v) is 3.90. The standard InChI is InChI=1S/C18H12ClNO5/c19-13-4-1-11(2-5-13)18(21)22-9-14-8-16(25-20-14)12-3-6-15-17(7-12)24-10-23-15/h1-8H,9-10H2. The average molecular weight is 358 g/mol. The Morgan fingerprint density at radius 3 is 2.72 bits per heavy atom. The van der Waals surface area contributed by atoms with Crippen molar-refractivity contribution in [2.45, 2.75) is 6.61 Å². The maximum atomic E-state index is 12.0. The summed E-state index contributed by atoms with van der Waals surface area (Å²) in [5.74, 6) is 1.45. The van der Waals surface area contributed by atoms with Crippen LogP contribution in [-0.2, 0) is 11.3 Å². The van der Waals surface area contributed by atoms with Crippen LogP contribution < -0.4 is 9.47 Å². The van der Waals surface area contributed by atoms with Crippen molar-refractivity contribution in [3.63, 3.8) is 0 Å². The second kappa shape index (κ2) is 6.49. The lowest BCUT2D eigenvalue weighted by Crippen LogP contribution is -2.05. The van der Waals surface area contributed by atoms with Gasteiger partial charge >= 0.3 is 5.97 Å². The molecule has 0 bridgehead atoms. The maximum absolute atomic E-state index is 12.0. The molecular weight excluding hydrogens is 346 g/mol. The summed E-state index contributed by atoms with van der Waals surface area (Å²) in [4.78, 5) is 12.0. The summed E-state index contributed by atoms with van der Waals surface area (Å²) >= 11 is 5.79. The second-order valence-corrected chi connectivity index (χ2v) is 5.77. The molecule has 3 aromatic rings. The van der Waals surface area contributed by atoms with Crippen LogP contribution in [0.2, 0.25) is 5.02 Å². The first-order chi connectivity index (χ1) is 12.2. The van der Waals surface area contributed by atoms with E-state index >= 15 is 0 Å². The van der Waals surface area contributed by atoms with E-state index in [0.29, 0.717) is 33.5 Å². The van der Waals surface area contributed by atoms with Crippen LogP contribution in [-0.4, -0.2) is 17.9 Å². The number of halogens is 1. The van der Waals surface area contributed by atoms with E-state index in [9.17, 15) is 4.79 Å². The van der Waals surface area contributed by atoms with Crippen LogP contribution in [0.25, 0.3) is 11.3 Å². The first-order valence-corrected chi connectivity index (χ1v) is 7.85. The Labute approximate surface area is 147 Å². The highest BCUT2D eigenvalue weighted by Crippen LogP contribution is 2.36. The molecular formula is C18H12ClNO5. The van der Waals surface area contributed by atoms with Crippen LogP contribution >= 0.6 is 11.6 Å². The molecule has 0 unspecified atom stereocenters. The minimum absolute atomic E-state index is 0.00944. The van der Waals surface area contributed by atoms with Gasteiger partial charge in [0, 0.05) is 16.7 Å². The van der Waals surface area contributed by atoms with Crippen molar-refractivity contribution >= 4 is 17.6 Å². The molecule has 7 heteroatoms. The molecule has 6 nitrogen and oxygen atoms in total. The zero-order chi connectivity index (χ0) is 17.2. The van der Waals surface area contributed by atoms with Gasteiger partial charge < -0.3 is 18.7 Å². The molecule has 0 amide bonds. The number of hydrogen-bond acceptors (Lipinski definition) is 6. The van der Waals surface area contributed by atoms with E-state index in [4.69, 9.17) is 30.3 Å². The number of rotatable bonds is 4. The predicted octanol–water partition coefficient (Wildman–Crippen LogP) is 4.08. The Kier molecular flexibility index (Phi) is 4.03. The van der Waals surface area contributed by atoms with Crippen molar-refractivity contribution in [1.29, 1.82) is 0 Å². The third-order valence-electron chi connectivity index (χ3n) is 3.65. The quantitative estimate of drug-likeness (QED) is 0.655. The van der Waals surface area contributed by atoms with Crippen molar-refractivity contribution < 1.29 is 23.5 Å². The summed E-state index contributed by atoms with van der Waals surface area (Å²) in [7, 11) is 0. The smallest absolute Gasteiger partial charge is 0.338 e. The number of carbonyl (C=O) groups excluding carboxylic acids is 1. The van der Waals surface area contributed by atoms with Crippen LogP contribution in [0.15, 0.2) is 53.1 Å². The molecule has 4 rings (SSSR count). The number of carbonyl (C=O) groups is 1. The summed E-state index contributed by atoms with van der Waals surface area (Å²) in [5, 5.41) is 4.48. The molecule has 2 heterocycles. The Bertz CT molecular complexity index is 919. The molecule has 0 fully saturated rings. The molecule has 0 radical (unpaired) electrons. The van der Waals surface area contributed by atoms with Crippen LogP contribution in [0.5, 0.6) is 11.5 Å². The minimum Gasteiger partial charge on any atom is -0.455 e. The van der Waals surface area contributed by atoms with Crippen molar-refractivity contribution in [2.24, 2.45) is 0 Å². The molecule has 1 aliphatic rings. The number of hydrogen-bond donors (Lipinski definition) is 0. The number of ether oxygens (including phenoxy) is 3. The Morgan fingerprint density at radius 2 is 1.88 bits per heavy atom. The Balaban J connectivity index is 1.43. The lowest BCUT2D eigenvalue weighted by atomic mass is 10.1. The van der Waals surface area contributed by atoms with Crippen molar-refractivity contribution in [3.05, 3.63) is 64.8 Å². The molecule has 0 saturated carbocycles. The van der Waals surface area contributed by atoms with E-state index in [1.165, 1.54) is 0 Å². The van der Waals surface area contributed by atoms with E-state index in [-0.39, 0.29) is 13.4 Å². The van der Waals surface area contributed by atoms with Crippen LogP contribution in [0, 0.1) is 0 Å². The summed E-state index contributed by atoms with van der Waals surface area (Å²) in [6.45, 7) is 0.219. The van der Waals surface area contributed by atoms with Gasteiger partial charge in [0.05, 0.1) is 5.56 Å². The number of fused-ring (bicyclic) bond motifs is 1. The number of nitrogens with zero attached hydrogens (tertiary/aromatic N) is 1. The summed E-state index contributed by atoms with van der Waals surface area (Å²) in [6, 6.07) is 13.6. The average Bonchev–Trinajstić information content (AvgIpc) is 3.28. The Hall–Kier alpha value is -2.99. The fourth-order valence-electron chi connectivity index (χ4n) is 2.37. The fourth-order valence-corrected chi connectivity index (χ4v) is 2.50. The van der Waals surface area contributed by atoms with Gasteiger partial charge in [0.1, 0.15) is 12.3 Å². The molecule has 0 aliphatic carbocycles. The molecule has 126 valence electrons. The summed E-state index contributed by atoms with van der Waals surface area (Å²) in [5.41, 5.74) is 1.73. The normalized spacial score (nSPS) is 12.2. The molecule has 2 aromatic carbocycles. The van der Waals surface area contributed by atoms with Gasteiger partial charge in [-0.2, -0.15) is 0 Å². The van der Waals surface area contributed by atoms with Crippen LogP contribution in [0.4, 0.5) is 0 Å². The fraction of sp³-hybridized carbons (Fsp3) is 0.111. The van der Waals surface area contributed by atoms with Gasteiger partial charge in [-0.25, -0.2) is 4.79 Å². The van der Waals surface area contributed by atoms with Gasteiger partial charge in [0.25, 0.3) is 0 Å². The maximum Gasteiger partial charge on any atom is 0.338 e. The van der Waals surface area contributed by atoms with Crippen LogP contribution in [0.3, 0.4) is 0 Å². The van der Waals surface area contributed by atoms with E-state index in [0.717, 1.165) is 5.56 Å². The SMILES string of the molecule is O=C(OCc1cc(-c2ccc3c(c2)OCO3)on1)c1ccc(Cl)cc1. The highest BCUT2D eigenvalue weighted by molar-refractivity contribution is 6.30. The van der Waals surface area contributed by atoms with Crippen molar-refractivity contribution in [1.82, 2.24) is 5.16 Å². The van der Waals surface area contributed by atoms with E-state index in [2.05, 4.69) is 5.16 Å². The second-order valence-electron chi connectivity index (χ2n) is 5.33. The largest absolute Gasteiger partial charge is 0.455 e. The van der Waals surface area contributed by atoms with Crippen molar-refractivity contribution in [3.8, 4) is 22.8 Å². The van der Waals surface area contributed by atoms with E-state index in [1.807, 2.05) is 12.1 Å². The molecule has 0 N–H and O–H groups in total. The van der Waals surface area contributed by atoms with Gasteiger partial charge in [-0.05, 0) is 42.5 Å². The summed E-state index contributed by atoms with van der Waals surface area (Å²) < 4.78 is 21.2. The molecule has 0 atom stereocenters. The number of aromatic nitrogens is 1. The monoisotopic (exact) mass is 357 g/mol. The highest BCUT2D eigenvalue weighted by atomic mass is 35.5. The zero-order valence-corrected chi connectivity index (χ0v) is 13.7. The van der Waals surface area contributed by atoms with Crippen molar-refractivity contribution in [2.75, 3.05) is 6.79 Å². The number of esters is 1. The van der Waals surface area contributed by atoms with Crippen LogP contribution in [0.1, 0.15) is 16.1 Å². The van der Waals surface area contributed by atoms with Gasteiger partial charge in [-0.1, -0.05) is 16.8 Å². The van der Waals surface area contributed by atoms with Gasteiger partial charge in [0.15, 0.2) is 17.3 Å². The van der Waals surface area contributed by atoms with Gasteiger partial charge in [0.2, 0.25) is 6.79 Å². The molecule has 1 aliphatic heterocycles. The Morgan fingerprint density at radius 1 is 1.08 bits per heavy atom. The van der Waals surface area contributed by atoms with Gasteiger partial charge in [-0.3, -0.25) is 0 Å². The lowest BCUT2D eigenvalue weighted by molar-refractivity contribution is 0.0464. The molecule has 0 spiro atoms. The minimum atomic E-state index is -0.454. The molecule has 0 saturated heterocycles. The predicted molar refractivity (Wildman–Crippen MR) is 88.6 cm³/mol. The third kappa shape index (κ3) is 3.29. The molecule has 1 aromatic heterocycles. The number of benzene rings is 2. The molecule has 25 heavy (non-hydrogen) atoms. The van der Waals surface area contributed by atoms with E-state index < -0.39 is 5.97 Å². The highest BCUT2D eigenvalue weighted by Gasteiger charge is 2.16. The van der Waals surface area contributed by atoms with E-state index in [1.54, 1.807) is 36.4 Å². The summed E-state index contributed by atoms with van der Waals surface area (Å²) in [6.07, 6.45) is 0. The van der Waals surface area contributed by atoms with Gasteiger partial charge in [-0.15, -0.1) is 0 Å². The lowest BCUT2D eigenvalue weighted by Gasteiger charge is -2.02. The topological polar surface area (TPSA) is 70.8 Å². The first-order valence-electron chi connectivity index (χ1n) is 7.47.